The van der Waals surface area contributed by atoms with Gasteiger partial charge in [0.1, 0.15) is 5.82 Å². The van der Waals surface area contributed by atoms with Crippen LogP contribution in [-0.4, -0.2) is 5.91 Å². The van der Waals surface area contributed by atoms with Crippen molar-refractivity contribution >= 4 is 44.8 Å². The second kappa shape index (κ2) is 5.81. The zero-order valence-corrected chi connectivity index (χ0v) is 12.8. The molecule has 2 rings (SSSR count). The molecule has 0 unspecified atom stereocenters. The van der Waals surface area contributed by atoms with Crippen molar-refractivity contribution in [2.24, 2.45) is 0 Å². The Balaban J connectivity index is 2.33. The van der Waals surface area contributed by atoms with Gasteiger partial charge >= 0.3 is 0 Å². The van der Waals surface area contributed by atoms with Gasteiger partial charge < -0.3 is 11.1 Å². The maximum Gasteiger partial charge on any atom is 0.257 e. The van der Waals surface area contributed by atoms with Crippen molar-refractivity contribution < 1.29 is 9.18 Å². The van der Waals surface area contributed by atoms with E-state index >= 15 is 0 Å². The van der Waals surface area contributed by atoms with Gasteiger partial charge in [0.25, 0.3) is 5.91 Å². The average molecular weight is 358 g/mol. The Morgan fingerprint density at radius 3 is 2.80 bits per heavy atom. The van der Waals surface area contributed by atoms with Crippen LogP contribution < -0.4 is 11.1 Å². The summed E-state index contributed by atoms with van der Waals surface area (Å²) >= 11 is 9.08. The highest BCUT2D eigenvalue weighted by Crippen LogP contribution is 2.27. The third-order valence-electron chi connectivity index (χ3n) is 2.79. The zero-order chi connectivity index (χ0) is 14.9. The largest absolute Gasteiger partial charge is 0.398 e. The Morgan fingerprint density at radius 2 is 2.10 bits per heavy atom. The third-order valence-corrected chi connectivity index (χ3v) is 3.82. The first kappa shape index (κ1) is 14.8. The molecular formula is C14H11BrClFN2O. The van der Waals surface area contributed by atoms with Crippen LogP contribution in [0, 0.1) is 12.7 Å². The monoisotopic (exact) mass is 356 g/mol. The van der Waals surface area contributed by atoms with E-state index in [1.165, 1.54) is 12.1 Å². The molecular weight excluding hydrogens is 347 g/mol. The summed E-state index contributed by atoms with van der Waals surface area (Å²) in [5, 5.41) is 2.88. The lowest BCUT2D eigenvalue weighted by Crippen LogP contribution is -2.14. The SMILES string of the molecule is Cc1cc(F)c(Br)cc1NC(=O)c1cccc(N)c1Cl. The number of halogens is 3. The van der Waals surface area contributed by atoms with Crippen LogP contribution in [-0.2, 0) is 0 Å². The fourth-order valence-electron chi connectivity index (χ4n) is 1.70. The highest BCUT2D eigenvalue weighted by atomic mass is 79.9. The van der Waals surface area contributed by atoms with Gasteiger partial charge in [0.2, 0.25) is 0 Å². The molecule has 0 atom stereocenters. The summed E-state index contributed by atoms with van der Waals surface area (Å²) in [7, 11) is 0. The van der Waals surface area contributed by atoms with E-state index in [1.54, 1.807) is 25.1 Å². The predicted octanol–water partition coefficient (Wildman–Crippen LogP) is 4.38. The molecule has 0 aromatic heterocycles. The van der Waals surface area contributed by atoms with Gasteiger partial charge in [0.05, 0.1) is 20.7 Å². The summed E-state index contributed by atoms with van der Waals surface area (Å²) in [6.07, 6.45) is 0. The molecule has 0 saturated carbocycles. The molecule has 0 heterocycles. The van der Waals surface area contributed by atoms with Crippen molar-refractivity contribution in [2.75, 3.05) is 11.1 Å². The maximum atomic E-state index is 13.3. The molecule has 0 bridgehead atoms. The van der Waals surface area contributed by atoms with Gasteiger partial charge in [-0.25, -0.2) is 4.39 Å². The fourth-order valence-corrected chi connectivity index (χ4v) is 2.25. The Morgan fingerprint density at radius 1 is 1.40 bits per heavy atom. The smallest absolute Gasteiger partial charge is 0.257 e. The van der Waals surface area contributed by atoms with Crippen molar-refractivity contribution in [3.05, 3.63) is 56.8 Å². The van der Waals surface area contributed by atoms with Gasteiger partial charge in [0, 0.05) is 5.69 Å². The predicted molar refractivity (Wildman–Crippen MR) is 82.7 cm³/mol. The Hall–Kier alpha value is -1.59. The number of nitrogens with two attached hydrogens (primary N) is 1. The second-order valence-electron chi connectivity index (χ2n) is 4.24. The van der Waals surface area contributed by atoms with Crippen molar-refractivity contribution in [3.63, 3.8) is 0 Å². The van der Waals surface area contributed by atoms with E-state index in [-0.39, 0.29) is 20.9 Å². The summed E-state index contributed by atoms with van der Waals surface area (Å²) in [5.41, 5.74) is 7.37. The standard InChI is InChI=1S/C14H11BrClFN2O/c1-7-5-10(17)9(15)6-12(7)19-14(20)8-3-2-4-11(18)13(8)16/h2-6H,18H2,1H3,(H,19,20). The number of rotatable bonds is 2. The molecule has 2 aromatic carbocycles. The molecule has 0 radical (unpaired) electrons. The first-order chi connectivity index (χ1) is 9.40. The number of anilines is 2. The number of hydrogen-bond acceptors (Lipinski definition) is 2. The van der Waals surface area contributed by atoms with Crippen LogP contribution in [0.4, 0.5) is 15.8 Å². The number of nitrogen functional groups attached to an aromatic ring is 1. The number of amides is 1. The van der Waals surface area contributed by atoms with E-state index in [9.17, 15) is 9.18 Å². The zero-order valence-electron chi connectivity index (χ0n) is 10.5. The minimum Gasteiger partial charge on any atom is -0.398 e. The third kappa shape index (κ3) is 2.94. The van der Waals surface area contributed by atoms with Crippen LogP contribution in [0.3, 0.4) is 0 Å². The van der Waals surface area contributed by atoms with Crippen molar-refractivity contribution in [2.45, 2.75) is 6.92 Å². The van der Waals surface area contributed by atoms with Crippen LogP contribution in [0.1, 0.15) is 15.9 Å². The molecule has 6 heteroatoms. The molecule has 0 spiro atoms. The highest BCUT2D eigenvalue weighted by Gasteiger charge is 2.14. The first-order valence-corrected chi connectivity index (χ1v) is 6.88. The van der Waals surface area contributed by atoms with Gasteiger partial charge in [-0.15, -0.1) is 0 Å². The molecule has 20 heavy (non-hydrogen) atoms. The van der Waals surface area contributed by atoms with Gasteiger partial charge in [-0.05, 0) is 52.7 Å². The van der Waals surface area contributed by atoms with E-state index in [1.807, 2.05) is 0 Å². The van der Waals surface area contributed by atoms with Crippen LogP contribution in [0.25, 0.3) is 0 Å². The van der Waals surface area contributed by atoms with Crippen LogP contribution in [0.2, 0.25) is 5.02 Å². The topological polar surface area (TPSA) is 55.1 Å². The number of nitrogens with one attached hydrogen (secondary N) is 1. The molecule has 3 N–H and O–H groups in total. The summed E-state index contributed by atoms with van der Waals surface area (Å²) in [4.78, 5) is 12.2. The number of carbonyl (C=O) groups is 1. The average Bonchev–Trinajstić information content (AvgIpc) is 2.39. The van der Waals surface area contributed by atoms with Gasteiger partial charge in [0.15, 0.2) is 0 Å². The minimum atomic E-state index is -0.399. The highest BCUT2D eigenvalue weighted by molar-refractivity contribution is 9.10. The summed E-state index contributed by atoms with van der Waals surface area (Å²) < 4.78 is 13.6. The molecule has 104 valence electrons. The first-order valence-electron chi connectivity index (χ1n) is 5.71. The minimum absolute atomic E-state index is 0.198. The van der Waals surface area contributed by atoms with Crippen molar-refractivity contribution in [3.8, 4) is 0 Å². The van der Waals surface area contributed by atoms with Crippen LogP contribution in [0.5, 0.6) is 0 Å². The lowest BCUT2D eigenvalue weighted by Gasteiger charge is -2.11. The van der Waals surface area contributed by atoms with Gasteiger partial charge in [-0.3, -0.25) is 4.79 Å². The number of aryl methyl sites for hydroxylation is 1. The maximum absolute atomic E-state index is 13.3. The number of carbonyl (C=O) groups excluding carboxylic acids is 1. The number of hydrogen-bond donors (Lipinski definition) is 2. The molecule has 0 aliphatic rings. The quantitative estimate of drug-likeness (QED) is 0.783. The van der Waals surface area contributed by atoms with E-state index in [0.717, 1.165) is 0 Å². The van der Waals surface area contributed by atoms with Crippen molar-refractivity contribution in [1.82, 2.24) is 0 Å². The molecule has 0 aliphatic heterocycles. The molecule has 2 aromatic rings. The fraction of sp³-hybridized carbons (Fsp3) is 0.0714. The van der Waals surface area contributed by atoms with Crippen LogP contribution in [0.15, 0.2) is 34.8 Å². The number of benzene rings is 2. The molecule has 0 fully saturated rings. The second-order valence-corrected chi connectivity index (χ2v) is 5.48. The lowest BCUT2D eigenvalue weighted by atomic mass is 10.1. The Labute approximate surface area is 129 Å². The Bertz CT molecular complexity index is 691. The van der Waals surface area contributed by atoms with Gasteiger partial charge in [-0.2, -0.15) is 0 Å². The Kier molecular flexibility index (Phi) is 4.30. The summed E-state index contributed by atoms with van der Waals surface area (Å²) in [6.45, 7) is 1.70. The van der Waals surface area contributed by atoms with E-state index < -0.39 is 5.91 Å². The van der Waals surface area contributed by atoms with E-state index in [4.69, 9.17) is 17.3 Å². The van der Waals surface area contributed by atoms with Crippen molar-refractivity contribution in [1.29, 1.82) is 0 Å². The van der Waals surface area contributed by atoms with E-state index in [2.05, 4.69) is 21.2 Å². The molecule has 1 amide bonds. The van der Waals surface area contributed by atoms with E-state index in [0.29, 0.717) is 16.9 Å². The summed E-state index contributed by atoms with van der Waals surface area (Å²) in [6, 6.07) is 7.66. The van der Waals surface area contributed by atoms with Crippen LogP contribution >= 0.6 is 27.5 Å². The molecule has 0 saturated heterocycles. The normalized spacial score (nSPS) is 10.4. The summed E-state index contributed by atoms with van der Waals surface area (Å²) in [5.74, 6) is -0.786. The molecule has 3 nitrogen and oxygen atoms in total. The lowest BCUT2D eigenvalue weighted by molar-refractivity contribution is 0.102. The molecule has 0 aliphatic carbocycles. The van der Waals surface area contributed by atoms with Gasteiger partial charge in [-0.1, -0.05) is 17.7 Å².